The van der Waals surface area contributed by atoms with Gasteiger partial charge in [0.15, 0.2) is 0 Å². The Morgan fingerprint density at radius 1 is 1.54 bits per heavy atom. The Balaban J connectivity index is 2.31. The topological polar surface area (TPSA) is 32.7 Å². The maximum absolute atomic E-state index is 9.89. The monoisotopic (exact) mass is 182 g/mol. The average Bonchev–Trinajstić information content (AvgIpc) is 2.19. The van der Waals surface area contributed by atoms with E-state index in [0.29, 0.717) is 6.54 Å². The van der Waals surface area contributed by atoms with Crippen LogP contribution in [-0.4, -0.2) is 36.7 Å². The molecule has 1 fully saturated rings. The van der Waals surface area contributed by atoms with E-state index < -0.39 is 0 Å². The van der Waals surface area contributed by atoms with Crippen molar-refractivity contribution in [2.45, 2.75) is 38.6 Å². The zero-order valence-corrected chi connectivity index (χ0v) is 8.33. The van der Waals surface area contributed by atoms with Crippen LogP contribution in [0.15, 0.2) is 4.99 Å². The van der Waals surface area contributed by atoms with Gasteiger partial charge in [-0.15, -0.1) is 0 Å². The molecule has 0 N–H and O–H groups in total. The molecule has 1 aliphatic rings. The fourth-order valence-corrected chi connectivity index (χ4v) is 2.04. The van der Waals surface area contributed by atoms with E-state index in [2.05, 4.69) is 16.8 Å². The van der Waals surface area contributed by atoms with E-state index in [0.717, 1.165) is 12.6 Å². The highest BCUT2D eigenvalue weighted by Gasteiger charge is 2.19. The number of likely N-dealkylation sites (tertiary alicyclic amines) is 1. The highest BCUT2D eigenvalue weighted by Crippen LogP contribution is 2.18. The number of hydrogen-bond acceptors (Lipinski definition) is 3. The molecular weight excluding hydrogens is 164 g/mol. The van der Waals surface area contributed by atoms with Crippen molar-refractivity contribution >= 4 is 6.08 Å². The highest BCUT2D eigenvalue weighted by molar-refractivity contribution is 5.32. The van der Waals surface area contributed by atoms with Gasteiger partial charge in [-0.1, -0.05) is 13.3 Å². The van der Waals surface area contributed by atoms with Crippen molar-refractivity contribution in [1.29, 1.82) is 0 Å². The maximum atomic E-state index is 9.89. The van der Waals surface area contributed by atoms with Crippen LogP contribution in [-0.2, 0) is 4.79 Å². The molecule has 13 heavy (non-hydrogen) atoms. The quantitative estimate of drug-likeness (QED) is 0.488. The summed E-state index contributed by atoms with van der Waals surface area (Å²) in [6.45, 7) is 4.94. The minimum atomic E-state index is 0.611. The van der Waals surface area contributed by atoms with Crippen LogP contribution >= 0.6 is 0 Å². The summed E-state index contributed by atoms with van der Waals surface area (Å²) in [5, 5.41) is 0. The smallest absolute Gasteiger partial charge is 0.234 e. The largest absolute Gasteiger partial charge is 0.299 e. The number of nitrogens with zero attached hydrogens (tertiary/aromatic N) is 2. The number of aliphatic imine (C=N–C) groups is 1. The van der Waals surface area contributed by atoms with Crippen LogP contribution in [0.5, 0.6) is 0 Å². The van der Waals surface area contributed by atoms with E-state index in [1.807, 2.05) is 0 Å². The molecule has 0 spiro atoms. The SMILES string of the molecule is CCC1CCCCN1CCN=C=O. The van der Waals surface area contributed by atoms with Crippen LogP contribution < -0.4 is 0 Å². The van der Waals surface area contributed by atoms with E-state index >= 15 is 0 Å². The summed E-state index contributed by atoms with van der Waals surface area (Å²) in [4.78, 5) is 15.9. The lowest BCUT2D eigenvalue weighted by Crippen LogP contribution is -2.40. The van der Waals surface area contributed by atoms with Crippen molar-refractivity contribution in [3.63, 3.8) is 0 Å². The van der Waals surface area contributed by atoms with Crippen LogP contribution in [0.2, 0.25) is 0 Å². The number of rotatable bonds is 4. The van der Waals surface area contributed by atoms with Crippen molar-refractivity contribution in [2.75, 3.05) is 19.6 Å². The summed E-state index contributed by atoms with van der Waals surface area (Å²) in [6.07, 6.45) is 6.75. The molecule has 0 aromatic carbocycles. The summed E-state index contributed by atoms with van der Waals surface area (Å²) >= 11 is 0. The molecule has 1 saturated heterocycles. The Morgan fingerprint density at radius 2 is 2.38 bits per heavy atom. The van der Waals surface area contributed by atoms with Gasteiger partial charge in [0.2, 0.25) is 6.08 Å². The van der Waals surface area contributed by atoms with Gasteiger partial charge in [0.05, 0.1) is 6.54 Å². The molecule has 1 unspecified atom stereocenters. The van der Waals surface area contributed by atoms with Gasteiger partial charge >= 0.3 is 0 Å². The molecule has 0 radical (unpaired) electrons. The van der Waals surface area contributed by atoms with Gasteiger partial charge in [0.25, 0.3) is 0 Å². The second-order valence-electron chi connectivity index (χ2n) is 3.57. The third-order valence-corrected chi connectivity index (χ3v) is 2.78. The first-order valence-corrected chi connectivity index (χ1v) is 5.16. The molecule has 74 valence electrons. The Labute approximate surface area is 79.8 Å². The lowest BCUT2D eigenvalue weighted by molar-refractivity contribution is 0.149. The molecule has 0 bridgehead atoms. The molecule has 0 saturated carbocycles. The molecule has 1 heterocycles. The zero-order chi connectivity index (χ0) is 9.52. The van der Waals surface area contributed by atoms with Crippen LogP contribution in [0.4, 0.5) is 0 Å². The number of hydrogen-bond donors (Lipinski definition) is 0. The van der Waals surface area contributed by atoms with E-state index in [-0.39, 0.29) is 0 Å². The minimum Gasteiger partial charge on any atom is -0.299 e. The van der Waals surface area contributed by atoms with Crippen molar-refractivity contribution in [3.05, 3.63) is 0 Å². The summed E-state index contributed by atoms with van der Waals surface area (Å²) in [6, 6.07) is 0.718. The molecule has 0 aliphatic carbocycles. The maximum Gasteiger partial charge on any atom is 0.234 e. The Hall–Kier alpha value is -0.660. The lowest BCUT2D eigenvalue weighted by atomic mass is 10.0. The first-order chi connectivity index (χ1) is 6.38. The van der Waals surface area contributed by atoms with Crippen molar-refractivity contribution in [3.8, 4) is 0 Å². The van der Waals surface area contributed by atoms with Gasteiger partial charge in [-0.3, -0.25) is 4.90 Å². The zero-order valence-electron chi connectivity index (χ0n) is 8.33. The molecule has 0 amide bonds. The first-order valence-electron chi connectivity index (χ1n) is 5.16. The standard InChI is InChI=1S/C10H18N2O/c1-2-10-5-3-4-7-12(10)8-6-11-9-13/h10H,2-8H2,1H3. The summed E-state index contributed by atoms with van der Waals surface area (Å²) < 4.78 is 0. The normalized spacial score (nSPS) is 23.9. The fourth-order valence-electron chi connectivity index (χ4n) is 2.04. The summed E-state index contributed by atoms with van der Waals surface area (Å²) in [5.74, 6) is 0. The molecule has 1 aliphatic heterocycles. The molecule has 1 atom stereocenters. The van der Waals surface area contributed by atoms with Gasteiger partial charge in [0.1, 0.15) is 0 Å². The number of isocyanates is 1. The first kappa shape index (κ1) is 10.4. The molecule has 0 aromatic rings. The van der Waals surface area contributed by atoms with Gasteiger partial charge in [0, 0.05) is 12.6 Å². The van der Waals surface area contributed by atoms with Crippen LogP contribution in [0, 0.1) is 0 Å². The number of carbonyl (C=O) groups excluding carboxylic acids is 1. The molecule has 3 nitrogen and oxygen atoms in total. The Kier molecular flexibility index (Phi) is 4.73. The molecular formula is C10H18N2O. The van der Waals surface area contributed by atoms with Crippen LogP contribution in [0.3, 0.4) is 0 Å². The second kappa shape index (κ2) is 5.90. The molecule has 0 aromatic heterocycles. The van der Waals surface area contributed by atoms with Gasteiger partial charge in [-0.25, -0.2) is 9.79 Å². The predicted molar refractivity (Wildman–Crippen MR) is 52.5 cm³/mol. The van der Waals surface area contributed by atoms with Crippen LogP contribution in [0.1, 0.15) is 32.6 Å². The van der Waals surface area contributed by atoms with Gasteiger partial charge in [-0.2, -0.15) is 0 Å². The lowest BCUT2D eigenvalue weighted by Gasteiger charge is -2.34. The Bertz CT molecular complexity index is 187. The minimum absolute atomic E-state index is 0.611. The van der Waals surface area contributed by atoms with Gasteiger partial charge in [-0.05, 0) is 25.8 Å². The highest BCUT2D eigenvalue weighted by atomic mass is 16.1. The van der Waals surface area contributed by atoms with E-state index in [4.69, 9.17) is 0 Å². The van der Waals surface area contributed by atoms with E-state index in [9.17, 15) is 4.79 Å². The average molecular weight is 182 g/mol. The number of piperidine rings is 1. The fraction of sp³-hybridized carbons (Fsp3) is 0.900. The van der Waals surface area contributed by atoms with Crippen molar-refractivity contribution in [2.24, 2.45) is 4.99 Å². The van der Waals surface area contributed by atoms with Gasteiger partial charge < -0.3 is 0 Å². The van der Waals surface area contributed by atoms with Crippen molar-refractivity contribution < 1.29 is 4.79 Å². The van der Waals surface area contributed by atoms with Crippen molar-refractivity contribution in [1.82, 2.24) is 4.90 Å². The summed E-state index contributed by atoms with van der Waals surface area (Å²) in [5.41, 5.74) is 0. The Morgan fingerprint density at radius 3 is 3.08 bits per heavy atom. The van der Waals surface area contributed by atoms with E-state index in [1.54, 1.807) is 6.08 Å². The summed E-state index contributed by atoms with van der Waals surface area (Å²) in [7, 11) is 0. The predicted octanol–water partition coefficient (Wildman–Crippen LogP) is 1.59. The second-order valence-corrected chi connectivity index (χ2v) is 3.57. The third kappa shape index (κ3) is 3.29. The third-order valence-electron chi connectivity index (χ3n) is 2.78. The molecule has 3 heteroatoms. The van der Waals surface area contributed by atoms with Crippen LogP contribution in [0.25, 0.3) is 0 Å². The molecule has 1 rings (SSSR count). The van der Waals surface area contributed by atoms with E-state index in [1.165, 1.54) is 32.2 Å².